The lowest BCUT2D eigenvalue weighted by molar-refractivity contribution is -0.118. The van der Waals surface area contributed by atoms with E-state index in [-0.39, 0.29) is 5.91 Å². The molecule has 2 aromatic heterocycles. The summed E-state index contributed by atoms with van der Waals surface area (Å²) in [6.45, 7) is 2.97. The van der Waals surface area contributed by atoms with E-state index in [2.05, 4.69) is 22.5 Å². The number of anilines is 1. The number of carbonyl (C=O) groups excluding carboxylic acids is 1. The maximum Gasteiger partial charge on any atom is 0.217 e. The second-order valence-electron chi connectivity index (χ2n) is 6.42. The molecule has 0 saturated heterocycles. The molecule has 0 bridgehead atoms. The number of aryl methyl sites for hydroxylation is 2. The van der Waals surface area contributed by atoms with Crippen LogP contribution in [0.4, 0.5) is 5.82 Å². The molecule has 0 aliphatic carbocycles. The molecule has 4 N–H and O–H groups in total. The fourth-order valence-corrected chi connectivity index (χ4v) is 3.24. The van der Waals surface area contributed by atoms with E-state index in [1.54, 1.807) is 0 Å². The molecule has 132 valence electrons. The minimum Gasteiger partial charge on any atom is -0.382 e. The number of hydrogen-bond donors (Lipinski definition) is 2. The Morgan fingerprint density at radius 1 is 1.16 bits per heavy atom. The van der Waals surface area contributed by atoms with Gasteiger partial charge in [-0.2, -0.15) is 0 Å². The average molecular weight is 339 g/mol. The van der Waals surface area contributed by atoms with Gasteiger partial charge >= 0.3 is 0 Å². The molecule has 0 radical (unpaired) electrons. The number of amides is 1. The number of unbranched alkanes of at least 4 members (excludes halogenated alkanes) is 2. The first kappa shape index (κ1) is 17.2. The molecule has 0 aliphatic heterocycles. The fraction of sp³-hybridized carbons (Fsp3) is 0.421. The average Bonchev–Trinajstić information content (AvgIpc) is 2.96. The van der Waals surface area contributed by atoms with Gasteiger partial charge in [0.25, 0.3) is 0 Å². The molecule has 3 rings (SSSR count). The Kier molecular flexibility index (Phi) is 5.16. The van der Waals surface area contributed by atoms with Crippen molar-refractivity contribution in [2.45, 2.75) is 52.0 Å². The van der Waals surface area contributed by atoms with E-state index in [1.807, 2.05) is 18.2 Å². The molecule has 1 aromatic carbocycles. The molecule has 1 amide bonds. The molecule has 0 atom stereocenters. The maximum absolute atomic E-state index is 11.0. The van der Waals surface area contributed by atoms with Crippen LogP contribution in [0.15, 0.2) is 24.3 Å². The van der Waals surface area contributed by atoms with Crippen LogP contribution < -0.4 is 11.5 Å². The number of nitrogen functional groups attached to an aromatic ring is 1. The third kappa shape index (κ3) is 3.57. The van der Waals surface area contributed by atoms with E-state index in [0.717, 1.165) is 66.4 Å². The summed E-state index contributed by atoms with van der Waals surface area (Å²) in [7, 11) is 0. The van der Waals surface area contributed by atoms with Crippen LogP contribution in [0.1, 0.15) is 44.9 Å². The van der Waals surface area contributed by atoms with Crippen molar-refractivity contribution in [2.75, 3.05) is 5.73 Å². The number of nitrogens with zero attached hydrogens (tertiary/aromatic N) is 3. The summed E-state index contributed by atoms with van der Waals surface area (Å²) in [6, 6.07) is 8.01. The largest absolute Gasteiger partial charge is 0.382 e. The minimum atomic E-state index is -0.249. The standard InChI is InChI=1S/C19H25N5O/c1-2-3-11-16-23-17-18(24(16)12-7-6-10-15(20)25)13-8-4-5-9-14(13)22-19(17)21/h4-5,8-9H,2-3,6-7,10-12H2,1H3,(H2,20,25)(H2,21,22). The van der Waals surface area contributed by atoms with Gasteiger partial charge in [0.1, 0.15) is 11.3 Å². The van der Waals surface area contributed by atoms with Crippen molar-refractivity contribution >= 4 is 33.7 Å². The van der Waals surface area contributed by atoms with Crippen molar-refractivity contribution < 1.29 is 4.79 Å². The number of primary amides is 1. The third-order valence-electron chi connectivity index (χ3n) is 4.50. The van der Waals surface area contributed by atoms with Crippen molar-refractivity contribution in [3.05, 3.63) is 30.1 Å². The van der Waals surface area contributed by atoms with Gasteiger partial charge in [-0.25, -0.2) is 9.97 Å². The molecule has 0 spiro atoms. The number of pyridine rings is 1. The van der Waals surface area contributed by atoms with E-state index < -0.39 is 0 Å². The summed E-state index contributed by atoms with van der Waals surface area (Å²) in [4.78, 5) is 20.3. The van der Waals surface area contributed by atoms with Crippen LogP contribution in [0.5, 0.6) is 0 Å². The van der Waals surface area contributed by atoms with Crippen molar-refractivity contribution in [2.24, 2.45) is 5.73 Å². The topological polar surface area (TPSA) is 99.8 Å². The number of nitrogens with two attached hydrogens (primary N) is 2. The first-order chi connectivity index (χ1) is 12.1. The Labute approximate surface area is 147 Å². The highest BCUT2D eigenvalue weighted by Crippen LogP contribution is 2.29. The lowest BCUT2D eigenvalue weighted by Gasteiger charge is -2.10. The number of para-hydroxylation sites is 1. The number of fused-ring (bicyclic) bond motifs is 3. The van der Waals surface area contributed by atoms with Crippen LogP contribution in [-0.4, -0.2) is 20.4 Å². The summed E-state index contributed by atoms with van der Waals surface area (Å²) >= 11 is 0. The Morgan fingerprint density at radius 3 is 2.72 bits per heavy atom. The molecule has 2 heterocycles. The van der Waals surface area contributed by atoms with Crippen molar-refractivity contribution in [3.8, 4) is 0 Å². The molecule has 0 aliphatic rings. The number of hydrogen-bond acceptors (Lipinski definition) is 4. The Morgan fingerprint density at radius 2 is 1.96 bits per heavy atom. The Bertz CT molecular complexity index is 900. The lowest BCUT2D eigenvalue weighted by atomic mass is 10.1. The monoisotopic (exact) mass is 339 g/mol. The zero-order chi connectivity index (χ0) is 17.8. The van der Waals surface area contributed by atoms with Gasteiger partial charge in [-0.1, -0.05) is 31.5 Å². The second-order valence-corrected chi connectivity index (χ2v) is 6.42. The van der Waals surface area contributed by atoms with Gasteiger partial charge in [0.2, 0.25) is 5.91 Å². The van der Waals surface area contributed by atoms with Crippen molar-refractivity contribution in [3.63, 3.8) is 0 Å². The Balaban J connectivity index is 2.07. The van der Waals surface area contributed by atoms with Crippen LogP contribution in [-0.2, 0) is 17.8 Å². The molecular formula is C19H25N5O. The van der Waals surface area contributed by atoms with Crippen LogP contribution in [0, 0.1) is 0 Å². The molecule has 0 fully saturated rings. The van der Waals surface area contributed by atoms with Gasteiger partial charge in [0, 0.05) is 24.8 Å². The van der Waals surface area contributed by atoms with Crippen LogP contribution in [0.3, 0.4) is 0 Å². The summed E-state index contributed by atoms with van der Waals surface area (Å²) in [6.07, 6.45) is 5.18. The molecule has 0 saturated carbocycles. The fourth-order valence-electron chi connectivity index (χ4n) is 3.24. The SMILES string of the molecule is CCCCc1nc2c(N)nc3ccccc3c2n1CCCCC(N)=O. The number of carbonyl (C=O) groups is 1. The number of rotatable bonds is 8. The molecule has 6 nitrogen and oxygen atoms in total. The summed E-state index contributed by atoms with van der Waals surface area (Å²) in [5, 5.41) is 1.07. The van der Waals surface area contributed by atoms with Gasteiger partial charge in [0.05, 0.1) is 11.0 Å². The van der Waals surface area contributed by atoms with Gasteiger partial charge in [-0.15, -0.1) is 0 Å². The van der Waals surface area contributed by atoms with E-state index >= 15 is 0 Å². The highest BCUT2D eigenvalue weighted by atomic mass is 16.1. The molecule has 25 heavy (non-hydrogen) atoms. The van der Waals surface area contributed by atoms with Crippen LogP contribution in [0.25, 0.3) is 21.9 Å². The maximum atomic E-state index is 11.0. The molecule has 6 heteroatoms. The van der Waals surface area contributed by atoms with Crippen molar-refractivity contribution in [1.82, 2.24) is 14.5 Å². The normalized spacial score (nSPS) is 11.4. The summed E-state index contributed by atoms with van der Waals surface area (Å²) < 4.78 is 2.26. The van der Waals surface area contributed by atoms with Crippen LogP contribution in [0.2, 0.25) is 0 Å². The van der Waals surface area contributed by atoms with Crippen molar-refractivity contribution in [1.29, 1.82) is 0 Å². The predicted molar refractivity (Wildman–Crippen MR) is 101 cm³/mol. The number of benzene rings is 1. The minimum absolute atomic E-state index is 0.249. The zero-order valence-electron chi connectivity index (χ0n) is 14.7. The van der Waals surface area contributed by atoms with Gasteiger partial charge in [0.15, 0.2) is 5.82 Å². The Hall–Kier alpha value is -2.63. The third-order valence-corrected chi connectivity index (χ3v) is 4.50. The quantitative estimate of drug-likeness (QED) is 0.616. The first-order valence-corrected chi connectivity index (χ1v) is 8.93. The van der Waals surface area contributed by atoms with Gasteiger partial charge in [-0.05, 0) is 25.3 Å². The highest BCUT2D eigenvalue weighted by Gasteiger charge is 2.16. The molecule has 3 aromatic rings. The first-order valence-electron chi connectivity index (χ1n) is 8.93. The van der Waals surface area contributed by atoms with E-state index in [1.165, 1.54) is 0 Å². The van der Waals surface area contributed by atoms with Crippen LogP contribution >= 0.6 is 0 Å². The van der Waals surface area contributed by atoms with E-state index in [0.29, 0.717) is 12.2 Å². The summed E-state index contributed by atoms with van der Waals surface area (Å²) in [5.41, 5.74) is 14.1. The zero-order valence-corrected chi connectivity index (χ0v) is 14.7. The molecule has 0 unspecified atom stereocenters. The summed E-state index contributed by atoms with van der Waals surface area (Å²) in [5.74, 6) is 1.27. The van der Waals surface area contributed by atoms with E-state index in [4.69, 9.17) is 16.5 Å². The molecular weight excluding hydrogens is 314 g/mol. The van der Waals surface area contributed by atoms with Gasteiger partial charge in [-0.3, -0.25) is 4.79 Å². The highest BCUT2D eigenvalue weighted by molar-refractivity contribution is 6.06. The number of aromatic nitrogens is 3. The second kappa shape index (κ2) is 7.51. The van der Waals surface area contributed by atoms with E-state index in [9.17, 15) is 4.79 Å². The lowest BCUT2D eigenvalue weighted by Crippen LogP contribution is -2.11. The predicted octanol–water partition coefficient (Wildman–Crippen LogP) is 3.16. The number of imidazole rings is 1. The smallest absolute Gasteiger partial charge is 0.217 e. The van der Waals surface area contributed by atoms with Gasteiger partial charge < -0.3 is 16.0 Å².